The van der Waals surface area contributed by atoms with Crippen molar-refractivity contribution in [1.29, 1.82) is 0 Å². The first-order chi connectivity index (χ1) is 11.0. The van der Waals surface area contributed by atoms with E-state index in [4.69, 9.17) is 16.0 Å². The average molecular weight is 333 g/mol. The molecule has 3 rings (SSSR count). The second-order valence-electron chi connectivity index (χ2n) is 5.71. The number of hydrogen-bond acceptors (Lipinski definition) is 3. The van der Waals surface area contributed by atoms with Gasteiger partial charge >= 0.3 is 0 Å². The number of carbonyl (C=O) groups excluding carboxylic acids is 1. The van der Waals surface area contributed by atoms with Gasteiger partial charge in [-0.05, 0) is 36.8 Å². The molecule has 2 aromatic heterocycles. The van der Waals surface area contributed by atoms with E-state index in [0.717, 1.165) is 16.5 Å². The van der Waals surface area contributed by atoms with Crippen LogP contribution in [0.4, 0.5) is 0 Å². The molecule has 0 saturated heterocycles. The van der Waals surface area contributed by atoms with E-state index in [2.05, 4.69) is 10.3 Å². The zero-order chi connectivity index (χ0) is 16.4. The lowest BCUT2D eigenvalue weighted by molar-refractivity contribution is -0.121. The molecule has 6 heteroatoms. The number of amides is 1. The van der Waals surface area contributed by atoms with Crippen LogP contribution in [0.15, 0.2) is 47.2 Å². The summed E-state index contributed by atoms with van der Waals surface area (Å²) >= 11 is 5.95. The lowest BCUT2D eigenvalue weighted by Gasteiger charge is -2.21. The van der Waals surface area contributed by atoms with Crippen molar-refractivity contribution in [3.63, 3.8) is 0 Å². The maximum absolute atomic E-state index is 12.1. The fraction of sp³-hybridized carbons (Fsp3) is 0.235. The summed E-state index contributed by atoms with van der Waals surface area (Å²) < 4.78 is 5.19. The van der Waals surface area contributed by atoms with Crippen molar-refractivity contribution < 1.29 is 14.3 Å². The molecule has 5 nitrogen and oxygen atoms in total. The first kappa shape index (κ1) is 15.6. The highest BCUT2D eigenvalue weighted by atomic mass is 35.5. The highest BCUT2D eigenvalue weighted by Gasteiger charge is 2.26. The molecule has 0 fully saturated rings. The fourth-order valence-corrected chi connectivity index (χ4v) is 2.66. The van der Waals surface area contributed by atoms with Gasteiger partial charge < -0.3 is 19.8 Å². The third-order valence-corrected chi connectivity index (χ3v) is 4.00. The molecular formula is C17H17ClN2O3. The van der Waals surface area contributed by atoms with E-state index in [9.17, 15) is 9.90 Å². The summed E-state index contributed by atoms with van der Waals surface area (Å²) in [6, 6.07) is 8.87. The number of aromatic amines is 1. The predicted molar refractivity (Wildman–Crippen MR) is 88.3 cm³/mol. The summed E-state index contributed by atoms with van der Waals surface area (Å²) in [7, 11) is 0. The quantitative estimate of drug-likeness (QED) is 0.672. The normalized spacial score (nSPS) is 13.9. The number of H-pyrrole nitrogens is 1. The van der Waals surface area contributed by atoms with Crippen molar-refractivity contribution in [2.75, 3.05) is 6.54 Å². The Hall–Kier alpha value is -2.24. The van der Waals surface area contributed by atoms with Gasteiger partial charge in [0.2, 0.25) is 5.91 Å². The first-order valence-corrected chi connectivity index (χ1v) is 7.62. The Morgan fingerprint density at radius 2 is 2.26 bits per heavy atom. The number of fused-ring (bicyclic) bond motifs is 1. The molecule has 0 aliphatic rings. The smallest absolute Gasteiger partial charge is 0.224 e. The summed E-state index contributed by atoms with van der Waals surface area (Å²) in [4.78, 5) is 15.2. The second kappa shape index (κ2) is 6.10. The van der Waals surface area contributed by atoms with Crippen molar-refractivity contribution >= 4 is 28.4 Å². The summed E-state index contributed by atoms with van der Waals surface area (Å²) in [5.41, 5.74) is 0.530. The molecule has 23 heavy (non-hydrogen) atoms. The Morgan fingerprint density at radius 1 is 1.43 bits per heavy atom. The van der Waals surface area contributed by atoms with Gasteiger partial charge in [0.05, 0.1) is 19.2 Å². The van der Waals surface area contributed by atoms with Gasteiger partial charge in [-0.2, -0.15) is 0 Å². The van der Waals surface area contributed by atoms with Crippen LogP contribution in [0, 0.1) is 0 Å². The van der Waals surface area contributed by atoms with Crippen LogP contribution in [0.5, 0.6) is 0 Å². The zero-order valence-corrected chi connectivity index (χ0v) is 13.4. The van der Waals surface area contributed by atoms with E-state index in [1.54, 1.807) is 31.3 Å². The molecule has 3 N–H and O–H groups in total. The van der Waals surface area contributed by atoms with Crippen molar-refractivity contribution in [2.45, 2.75) is 18.9 Å². The van der Waals surface area contributed by atoms with Crippen LogP contribution >= 0.6 is 11.6 Å². The summed E-state index contributed by atoms with van der Waals surface area (Å²) in [6.07, 6.45) is 3.50. The van der Waals surface area contributed by atoms with Crippen molar-refractivity contribution in [1.82, 2.24) is 10.3 Å². The van der Waals surface area contributed by atoms with E-state index < -0.39 is 5.60 Å². The number of rotatable bonds is 5. The molecule has 0 spiro atoms. The fourth-order valence-electron chi connectivity index (χ4n) is 2.48. The summed E-state index contributed by atoms with van der Waals surface area (Å²) in [5.74, 6) is 0.243. The number of benzene rings is 1. The Balaban J connectivity index is 1.65. The molecular weight excluding hydrogens is 316 g/mol. The lowest BCUT2D eigenvalue weighted by atomic mass is 10.0. The highest BCUT2D eigenvalue weighted by Crippen LogP contribution is 2.23. The van der Waals surface area contributed by atoms with Crippen LogP contribution in [-0.4, -0.2) is 22.5 Å². The van der Waals surface area contributed by atoms with Gasteiger partial charge in [0, 0.05) is 22.1 Å². The third-order valence-electron chi connectivity index (χ3n) is 3.76. The number of nitrogens with one attached hydrogen (secondary N) is 2. The largest absolute Gasteiger partial charge is 0.466 e. The van der Waals surface area contributed by atoms with Crippen molar-refractivity contribution in [3.05, 3.63) is 59.1 Å². The summed E-state index contributed by atoms with van der Waals surface area (Å²) in [6.45, 7) is 1.67. The van der Waals surface area contributed by atoms with E-state index in [1.807, 2.05) is 12.1 Å². The number of furan rings is 1. The van der Waals surface area contributed by atoms with Crippen LogP contribution < -0.4 is 5.32 Å². The van der Waals surface area contributed by atoms with Gasteiger partial charge in [-0.3, -0.25) is 4.79 Å². The molecule has 1 unspecified atom stereocenters. The monoisotopic (exact) mass is 332 g/mol. The predicted octanol–water partition coefficient (Wildman–Crippen LogP) is 2.98. The minimum absolute atomic E-state index is 0.0769. The molecule has 1 aromatic carbocycles. The van der Waals surface area contributed by atoms with Crippen LogP contribution in [0.2, 0.25) is 5.02 Å². The van der Waals surface area contributed by atoms with Gasteiger partial charge in [0.1, 0.15) is 11.4 Å². The number of halogens is 1. The van der Waals surface area contributed by atoms with Gasteiger partial charge in [0.15, 0.2) is 0 Å². The number of hydrogen-bond donors (Lipinski definition) is 3. The first-order valence-electron chi connectivity index (χ1n) is 7.24. The zero-order valence-electron chi connectivity index (χ0n) is 12.6. The number of carbonyl (C=O) groups is 1. The standard InChI is InChI=1S/C17H17ClN2O3/c1-17(22,15-3-2-6-23-15)10-20-16(21)7-11-9-19-14-8-12(18)4-5-13(11)14/h2-6,8-9,19,22H,7,10H2,1H3,(H,20,21). The van der Waals surface area contributed by atoms with E-state index in [-0.39, 0.29) is 18.9 Å². The highest BCUT2D eigenvalue weighted by molar-refractivity contribution is 6.31. The minimum Gasteiger partial charge on any atom is -0.466 e. The van der Waals surface area contributed by atoms with Crippen LogP contribution in [-0.2, 0) is 16.8 Å². The van der Waals surface area contributed by atoms with Gasteiger partial charge in [-0.25, -0.2) is 0 Å². The molecule has 0 aliphatic heterocycles. The van der Waals surface area contributed by atoms with Gasteiger partial charge in [-0.1, -0.05) is 17.7 Å². The average Bonchev–Trinajstić information content (AvgIpc) is 3.16. The molecule has 120 valence electrons. The molecule has 1 amide bonds. The minimum atomic E-state index is -1.24. The van der Waals surface area contributed by atoms with Crippen LogP contribution in [0.25, 0.3) is 10.9 Å². The van der Waals surface area contributed by atoms with Crippen LogP contribution in [0.3, 0.4) is 0 Å². The Kier molecular flexibility index (Phi) is 4.15. The molecule has 0 radical (unpaired) electrons. The topological polar surface area (TPSA) is 78.3 Å². The lowest BCUT2D eigenvalue weighted by Crippen LogP contribution is -2.39. The number of aromatic nitrogens is 1. The Morgan fingerprint density at radius 3 is 3.00 bits per heavy atom. The molecule has 0 aliphatic carbocycles. The van der Waals surface area contributed by atoms with E-state index in [1.165, 1.54) is 6.26 Å². The van der Waals surface area contributed by atoms with E-state index in [0.29, 0.717) is 10.8 Å². The third kappa shape index (κ3) is 3.41. The SMILES string of the molecule is CC(O)(CNC(=O)Cc1c[nH]c2cc(Cl)ccc12)c1ccco1. The Bertz CT molecular complexity index is 822. The van der Waals surface area contributed by atoms with E-state index >= 15 is 0 Å². The van der Waals surface area contributed by atoms with Crippen LogP contribution in [0.1, 0.15) is 18.2 Å². The molecule has 0 bridgehead atoms. The number of aliphatic hydroxyl groups is 1. The molecule has 1 atom stereocenters. The summed E-state index contributed by atoms with van der Waals surface area (Å²) in [5, 5.41) is 14.7. The van der Waals surface area contributed by atoms with Gasteiger partial charge in [0.25, 0.3) is 0 Å². The van der Waals surface area contributed by atoms with Gasteiger partial charge in [-0.15, -0.1) is 0 Å². The van der Waals surface area contributed by atoms with Crippen molar-refractivity contribution in [2.24, 2.45) is 0 Å². The van der Waals surface area contributed by atoms with Crippen molar-refractivity contribution in [3.8, 4) is 0 Å². The molecule has 3 aromatic rings. The molecule has 0 saturated carbocycles. The molecule has 2 heterocycles. The maximum Gasteiger partial charge on any atom is 0.224 e. The second-order valence-corrected chi connectivity index (χ2v) is 6.14. The Labute approximate surface area is 138 Å². The maximum atomic E-state index is 12.1.